The zero-order chi connectivity index (χ0) is 15.4. The Labute approximate surface area is 122 Å². The lowest BCUT2D eigenvalue weighted by atomic mass is 10.1. The van der Waals surface area contributed by atoms with Gasteiger partial charge < -0.3 is 5.11 Å². The third-order valence-corrected chi connectivity index (χ3v) is 2.90. The molecule has 4 nitrogen and oxygen atoms in total. The van der Waals surface area contributed by atoms with E-state index < -0.39 is 5.97 Å². The minimum Gasteiger partial charge on any atom is -0.481 e. The Bertz CT molecular complexity index is 319. The van der Waals surface area contributed by atoms with E-state index in [1.165, 1.54) is 0 Å². The number of rotatable bonds is 13. The van der Waals surface area contributed by atoms with Gasteiger partial charge in [0.15, 0.2) is 0 Å². The average molecular weight is 278 g/mol. The van der Waals surface area contributed by atoms with E-state index >= 15 is 0 Å². The molecule has 0 amide bonds. The highest BCUT2D eigenvalue weighted by atomic mass is 16.4. The van der Waals surface area contributed by atoms with Gasteiger partial charge in [-0.25, -0.2) is 0 Å². The molecule has 0 aliphatic carbocycles. The van der Waals surface area contributed by atoms with Gasteiger partial charge in [0.25, 0.3) is 0 Å². The second-order valence-electron chi connectivity index (χ2n) is 4.58. The number of hydrogen-bond donors (Lipinski definition) is 1. The zero-order valence-corrected chi connectivity index (χ0v) is 12.2. The summed E-state index contributed by atoms with van der Waals surface area (Å²) >= 11 is 0. The van der Waals surface area contributed by atoms with Gasteiger partial charge in [-0.3, -0.25) is 14.6 Å². The Morgan fingerprint density at radius 1 is 0.950 bits per heavy atom. The van der Waals surface area contributed by atoms with E-state index in [1.54, 1.807) is 12.2 Å². The van der Waals surface area contributed by atoms with E-state index in [0.29, 0.717) is 32.7 Å². The molecule has 0 saturated carbocycles. The maximum absolute atomic E-state index is 11.1. The fourth-order valence-corrected chi connectivity index (χ4v) is 2.10. The van der Waals surface area contributed by atoms with Crippen molar-refractivity contribution in [2.24, 2.45) is 0 Å². The van der Waals surface area contributed by atoms with Crippen LogP contribution in [0, 0.1) is 0 Å². The molecule has 0 bridgehead atoms. The Kier molecular flexibility index (Phi) is 10.3. The number of hydrogen-bond acceptors (Lipinski definition) is 3. The topological polar surface area (TPSA) is 43.8 Å². The van der Waals surface area contributed by atoms with Gasteiger partial charge in [0.05, 0.1) is 6.42 Å². The number of aliphatic carboxylic acids is 1. The molecule has 0 aromatic carbocycles. The SMILES string of the molecule is C=CCN(CC=C)CC(CC(=O)O)N(CC=C)CC=C. The lowest BCUT2D eigenvalue weighted by molar-refractivity contribution is -0.138. The zero-order valence-electron chi connectivity index (χ0n) is 12.2. The van der Waals surface area contributed by atoms with E-state index in [4.69, 9.17) is 5.11 Å². The van der Waals surface area contributed by atoms with Crippen LogP contribution in [0.25, 0.3) is 0 Å². The van der Waals surface area contributed by atoms with Crippen molar-refractivity contribution in [2.45, 2.75) is 12.5 Å². The van der Waals surface area contributed by atoms with Crippen LogP contribution >= 0.6 is 0 Å². The number of carboxylic acids is 1. The van der Waals surface area contributed by atoms with Gasteiger partial charge in [0, 0.05) is 38.8 Å². The van der Waals surface area contributed by atoms with E-state index in [0.717, 1.165) is 0 Å². The van der Waals surface area contributed by atoms with E-state index in [-0.39, 0.29) is 12.5 Å². The molecule has 0 saturated heterocycles. The smallest absolute Gasteiger partial charge is 0.304 e. The van der Waals surface area contributed by atoms with Crippen LogP contribution in [0.4, 0.5) is 0 Å². The molecule has 112 valence electrons. The highest BCUT2D eigenvalue weighted by Crippen LogP contribution is 2.08. The molecule has 1 unspecified atom stereocenters. The lowest BCUT2D eigenvalue weighted by Gasteiger charge is -2.33. The number of nitrogens with zero attached hydrogens (tertiary/aromatic N) is 2. The lowest BCUT2D eigenvalue weighted by Crippen LogP contribution is -2.45. The summed E-state index contributed by atoms with van der Waals surface area (Å²) in [5.41, 5.74) is 0. The molecule has 0 spiro atoms. The average Bonchev–Trinajstić information content (AvgIpc) is 2.38. The Hall–Kier alpha value is -1.65. The summed E-state index contributed by atoms with van der Waals surface area (Å²) in [4.78, 5) is 15.3. The maximum atomic E-state index is 11.1. The minimum atomic E-state index is -0.801. The summed E-state index contributed by atoms with van der Waals surface area (Å²) in [5, 5.41) is 9.10. The molecule has 0 aromatic rings. The molecule has 0 fully saturated rings. The van der Waals surface area contributed by atoms with Gasteiger partial charge in [-0.15, -0.1) is 26.3 Å². The van der Waals surface area contributed by atoms with Crippen molar-refractivity contribution in [2.75, 3.05) is 32.7 Å². The summed E-state index contributed by atoms with van der Waals surface area (Å²) < 4.78 is 0. The summed E-state index contributed by atoms with van der Waals surface area (Å²) in [6.07, 6.45) is 7.28. The molecule has 4 heteroatoms. The van der Waals surface area contributed by atoms with Crippen LogP contribution in [0.1, 0.15) is 6.42 Å². The maximum Gasteiger partial charge on any atom is 0.304 e. The largest absolute Gasteiger partial charge is 0.481 e. The standard InChI is InChI=1S/C16H26N2O2/c1-5-9-17(10-6-2)14-15(13-16(19)20)18(11-7-3)12-8-4/h5-8,15H,1-4,9-14H2,(H,19,20). The van der Waals surface area contributed by atoms with Crippen molar-refractivity contribution < 1.29 is 9.90 Å². The van der Waals surface area contributed by atoms with Crippen LogP contribution in [-0.4, -0.2) is 59.6 Å². The van der Waals surface area contributed by atoms with Gasteiger partial charge in [-0.2, -0.15) is 0 Å². The van der Waals surface area contributed by atoms with Crippen molar-refractivity contribution in [3.63, 3.8) is 0 Å². The van der Waals surface area contributed by atoms with E-state index in [2.05, 4.69) is 36.1 Å². The van der Waals surface area contributed by atoms with Crippen molar-refractivity contribution in [3.8, 4) is 0 Å². The molecule has 0 rings (SSSR count). The fraction of sp³-hybridized carbons (Fsp3) is 0.438. The summed E-state index contributed by atoms with van der Waals surface area (Å²) in [7, 11) is 0. The minimum absolute atomic E-state index is 0.0897. The van der Waals surface area contributed by atoms with Crippen LogP contribution in [0.3, 0.4) is 0 Å². The number of carbonyl (C=O) groups is 1. The molecule has 1 atom stereocenters. The van der Waals surface area contributed by atoms with Gasteiger partial charge in [0.1, 0.15) is 0 Å². The number of carboxylic acid groups (broad SMARTS) is 1. The van der Waals surface area contributed by atoms with Gasteiger partial charge >= 0.3 is 5.97 Å². The van der Waals surface area contributed by atoms with Crippen LogP contribution < -0.4 is 0 Å². The van der Waals surface area contributed by atoms with Crippen LogP contribution in [0.2, 0.25) is 0 Å². The first kappa shape index (κ1) is 18.4. The Morgan fingerprint density at radius 2 is 1.40 bits per heavy atom. The first-order valence-corrected chi connectivity index (χ1v) is 6.70. The van der Waals surface area contributed by atoms with Crippen LogP contribution in [0.15, 0.2) is 50.6 Å². The third-order valence-electron chi connectivity index (χ3n) is 2.90. The van der Waals surface area contributed by atoms with Gasteiger partial charge in [-0.1, -0.05) is 24.3 Å². The van der Waals surface area contributed by atoms with Gasteiger partial charge in [-0.05, 0) is 0 Å². The van der Waals surface area contributed by atoms with Crippen LogP contribution in [-0.2, 0) is 4.79 Å². The third kappa shape index (κ3) is 7.71. The first-order valence-electron chi connectivity index (χ1n) is 6.70. The fourth-order valence-electron chi connectivity index (χ4n) is 2.10. The molecule has 0 aromatic heterocycles. The van der Waals surface area contributed by atoms with Crippen molar-refractivity contribution in [1.82, 2.24) is 9.80 Å². The molecule has 0 aliphatic rings. The predicted octanol–water partition coefficient (Wildman–Crippen LogP) is 2.18. The summed E-state index contributed by atoms with van der Waals surface area (Å²) in [5.74, 6) is -0.801. The molecule has 0 heterocycles. The van der Waals surface area contributed by atoms with Crippen molar-refractivity contribution in [3.05, 3.63) is 50.6 Å². The normalized spacial score (nSPS) is 12.1. The molecule has 20 heavy (non-hydrogen) atoms. The quantitative estimate of drug-likeness (QED) is 0.524. The summed E-state index contributed by atoms with van der Waals surface area (Å²) in [6.45, 7) is 18.2. The molecular formula is C16H26N2O2. The highest BCUT2D eigenvalue weighted by Gasteiger charge is 2.21. The molecule has 0 aliphatic heterocycles. The first-order chi connectivity index (χ1) is 9.58. The van der Waals surface area contributed by atoms with E-state index in [1.807, 2.05) is 12.2 Å². The monoisotopic (exact) mass is 278 g/mol. The van der Waals surface area contributed by atoms with Gasteiger partial charge in [0.2, 0.25) is 0 Å². The predicted molar refractivity (Wildman–Crippen MR) is 84.8 cm³/mol. The Morgan fingerprint density at radius 3 is 1.75 bits per heavy atom. The van der Waals surface area contributed by atoms with Crippen LogP contribution in [0.5, 0.6) is 0 Å². The second-order valence-corrected chi connectivity index (χ2v) is 4.58. The Balaban J connectivity index is 4.91. The molecule has 0 radical (unpaired) electrons. The van der Waals surface area contributed by atoms with E-state index in [9.17, 15) is 4.79 Å². The summed E-state index contributed by atoms with van der Waals surface area (Å²) in [6, 6.07) is -0.0941. The van der Waals surface area contributed by atoms with Crippen molar-refractivity contribution >= 4 is 5.97 Å². The highest BCUT2D eigenvalue weighted by molar-refractivity contribution is 5.67. The van der Waals surface area contributed by atoms with Crippen molar-refractivity contribution in [1.29, 1.82) is 0 Å². The second kappa shape index (κ2) is 11.2. The molecule has 1 N–H and O–H groups in total. The molecular weight excluding hydrogens is 252 g/mol.